The summed E-state index contributed by atoms with van der Waals surface area (Å²) in [5.74, 6) is -11.0. The smallest absolute Gasteiger partial charge is 0.424 e. The van der Waals surface area contributed by atoms with E-state index < -0.39 is 109 Å². The maximum Gasteiger partial charge on any atom is 0.424 e. The van der Waals surface area contributed by atoms with Gasteiger partial charge in [-0.3, -0.25) is 9.59 Å². The Morgan fingerprint density at radius 3 is 1.90 bits per heavy atom. The van der Waals surface area contributed by atoms with E-state index in [1.54, 1.807) is 0 Å². The van der Waals surface area contributed by atoms with Gasteiger partial charge in [0.2, 0.25) is 5.91 Å². The van der Waals surface area contributed by atoms with Crippen LogP contribution in [0.25, 0.3) is 0 Å². The Labute approximate surface area is 298 Å². The predicted molar refractivity (Wildman–Crippen MR) is 176 cm³/mol. The number of nitrogens with one attached hydrogen (secondary N) is 1. The van der Waals surface area contributed by atoms with E-state index in [0.717, 1.165) is 18.2 Å². The second kappa shape index (κ2) is 14.0. The first-order valence-electron chi connectivity index (χ1n) is 14.8. The van der Waals surface area contributed by atoms with Gasteiger partial charge in [0.15, 0.2) is 29.1 Å². The topological polar surface area (TPSA) is 102 Å². The van der Waals surface area contributed by atoms with Crippen LogP contribution in [-0.4, -0.2) is 39.4 Å². The maximum absolute atomic E-state index is 15.9. The Balaban J connectivity index is 1.63. The molecular formula is C34H30Cl3F5N2O6. The number of rotatable bonds is 7. The summed E-state index contributed by atoms with van der Waals surface area (Å²) in [6.45, 7) is 8.65. The van der Waals surface area contributed by atoms with Gasteiger partial charge in [-0.05, 0) is 76.9 Å². The minimum atomic E-state index is -1.67. The van der Waals surface area contributed by atoms with Crippen LogP contribution in [0.1, 0.15) is 68.9 Å². The third-order valence-electron chi connectivity index (χ3n) is 7.11. The summed E-state index contributed by atoms with van der Waals surface area (Å²) in [5, 5.41) is 2.07. The molecule has 3 aromatic carbocycles. The molecule has 2 unspecified atom stereocenters. The summed E-state index contributed by atoms with van der Waals surface area (Å²) in [5.41, 5.74) is -5.29. The zero-order chi connectivity index (χ0) is 37.7. The Bertz CT molecular complexity index is 1870. The molecule has 0 bridgehead atoms. The lowest BCUT2D eigenvalue weighted by atomic mass is 10.00. The molecule has 0 aliphatic heterocycles. The van der Waals surface area contributed by atoms with Crippen molar-refractivity contribution >= 4 is 70.1 Å². The minimum absolute atomic E-state index is 0.00957. The molecule has 0 saturated heterocycles. The van der Waals surface area contributed by atoms with Crippen LogP contribution in [0.2, 0.25) is 5.02 Å². The summed E-state index contributed by atoms with van der Waals surface area (Å²) in [4.78, 5) is 52.4. The van der Waals surface area contributed by atoms with E-state index in [9.17, 15) is 32.3 Å². The van der Waals surface area contributed by atoms with Gasteiger partial charge < -0.3 is 14.8 Å². The molecule has 1 saturated carbocycles. The standard InChI is InChI=1S/C34H30Cl3F5N2O6/c1-32(2,3)49-30(47)44(31(48)50-33(4,5)6)28-21(39)10-8-16(26(28)41)12-23(45)18-13-17(14-22(40)27(18)42)43-29(46)25-24(34(25,36)37)15-7-9-20(38)19(35)11-15/h7-11,13-14,24-25H,12H2,1-6H3,(H,43,46). The second-order valence-corrected chi connectivity index (χ2v) is 15.2. The third kappa shape index (κ3) is 8.50. The molecule has 16 heteroatoms. The number of ketones is 1. The first-order chi connectivity index (χ1) is 22.9. The molecule has 1 fully saturated rings. The SMILES string of the molecule is CC(C)(C)OC(=O)N(C(=O)OC(C)(C)C)c1c(F)ccc(CC(=O)c2cc(NC(=O)C3C(c4ccc(F)c(Cl)c4)C3(Cl)Cl)cc(F)c2F)c1F. The number of nitrogens with zero attached hydrogens (tertiary/aromatic N) is 1. The molecule has 0 spiro atoms. The molecule has 0 radical (unpaired) electrons. The van der Waals surface area contributed by atoms with Crippen molar-refractivity contribution in [3.8, 4) is 0 Å². The van der Waals surface area contributed by atoms with Gasteiger partial charge in [-0.2, -0.15) is 4.90 Å². The molecule has 1 aliphatic carbocycles. The van der Waals surface area contributed by atoms with Gasteiger partial charge in [-0.25, -0.2) is 31.5 Å². The first kappa shape index (κ1) is 38.9. The molecule has 2 atom stereocenters. The third-order valence-corrected chi connectivity index (χ3v) is 8.34. The summed E-state index contributed by atoms with van der Waals surface area (Å²) in [6.07, 6.45) is -4.02. The number of hydrogen-bond donors (Lipinski definition) is 1. The zero-order valence-corrected chi connectivity index (χ0v) is 29.6. The Morgan fingerprint density at radius 1 is 0.800 bits per heavy atom. The highest BCUT2D eigenvalue weighted by Crippen LogP contribution is 2.65. The lowest BCUT2D eigenvalue weighted by molar-refractivity contribution is -0.117. The molecule has 3 amide bonds. The van der Waals surface area contributed by atoms with Crippen LogP contribution in [0.5, 0.6) is 0 Å². The van der Waals surface area contributed by atoms with Gasteiger partial charge in [0, 0.05) is 24.1 Å². The van der Waals surface area contributed by atoms with Gasteiger partial charge in [-0.1, -0.05) is 23.7 Å². The van der Waals surface area contributed by atoms with E-state index in [0.29, 0.717) is 17.7 Å². The van der Waals surface area contributed by atoms with E-state index in [1.807, 2.05) is 0 Å². The molecule has 3 aromatic rings. The van der Waals surface area contributed by atoms with Crippen LogP contribution < -0.4 is 10.2 Å². The van der Waals surface area contributed by atoms with Crippen molar-refractivity contribution in [2.75, 3.05) is 10.2 Å². The van der Waals surface area contributed by atoms with E-state index >= 15 is 8.78 Å². The van der Waals surface area contributed by atoms with Crippen LogP contribution in [0.4, 0.5) is 42.9 Å². The fourth-order valence-corrected chi connectivity index (χ4v) is 5.94. The summed E-state index contributed by atoms with van der Waals surface area (Å²) >= 11 is 18.4. The first-order valence-corrected chi connectivity index (χ1v) is 15.9. The summed E-state index contributed by atoms with van der Waals surface area (Å²) in [6, 6.07) is 6.45. The lowest BCUT2D eigenvalue weighted by Gasteiger charge is -2.29. The van der Waals surface area contributed by atoms with Gasteiger partial charge in [0.05, 0.1) is 16.5 Å². The highest BCUT2D eigenvalue weighted by Gasteiger charge is 2.67. The molecule has 0 heterocycles. The van der Waals surface area contributed by atoms with Gasteiger partial charge in [-0.15, -0.1) is 23.2 Å². The number of halogens is 8. The van der Waals surface area contributed by atoms with E-state index in [-0.39, 0.29) is 9.92 Å². The average molecular weight is 764 g/mol. The quantitative estimate of drug-likeness (QED) is 0.146. The Morgan fingerprint density at radius 2 is 1.36 bits per heavy atom. The van der Waals surface area contributed by atoms with Crippen LogP contribution in [0.15, 0.2) is 42.5 Å². The fourth-order valence-electron chi connectivity index (χ4n) is 4.92. The van der Waals surface area contributed by atoms with E-state index in [2.05, 4.69) is 5.32 Å². The van der Waals surface area contributed by atoms with E-state index in [4.69, 9.17) is 44.3 Å². The number of benzene rings is 3. The van der Waals surface area contributed by atoms with Crippen molar-refractivity contribution in [2.45, 2.75) is 69.4 Å². The van der Waals surface area contributed by atoms with Crippen LogP contribution in [0, 0.1) is 35.0 Å². The molecule has 0 aromatic heterocycles. The normalized spacial score (nSPS) is 16.8. The van der Waals surface area contributed by atoms with Crippen molar-refractivity contribution in [1.82, 2.24) is 0 Å². The van der Waals surface area contributed by atoms with Crippen molar-refractivity contribution in [2.24, 2.45) is 5.92 Å². The largest absolute Gasteiger partial charge is 0.443 e. The lowest BCUT2D eigenvalue weighted by Crippen LogP contribution is -2.44. The molecule has 268 valence electrons. The highest BCUT2D eigenvalue weighted by molar-refractivity contribution is 6.53. The number of carbonyl (C=O) groups excluding carboxylic acids is 4. The number of amides is 3. The molecule has 50 heavy (non-hydrogen) atoms. The summed E-state index contributed by atoms with van der Waals surface area (Å²) in [7, 11) is 0. The van der Waals surface area contributed by atoms with Gasteiger partial charge in [0.25, 0.3) is 0 Å². The molecule has 1 aliphatic rings. The average Bonchev–Trinajstić information content (AvgIpc) is 3.55. The molecule has 8 nitrogen and oxygen atoms in total. The summed E-state index contributed by atoms with van der Waals surface area (Å²) < 4.78 is 83.0. The van der Waals surface area contributed by atoms with E-state index in [1.165, 1.54) is 53.7 Å². The zero-order valence-electron chi connectivity index (χ0n) is 27.3. The highest BCUT2D eigenvalue weighted by atomic mass is 35.5. The number of anilines is 2. The number of alkyl halides is 2. The number of Topliss-reactive ketones (excluding diaryl/α,β-unsaturated/α-hetero) is 1. The van der Waals surface area contributed by atoms with Crippen molar-refractivity contribution in [3.63, 3.8) is 0 Å². The number of ether oxygens (including phenoxy) is 2. The van der Waals surface area contributed by atoms with Crippen molar-refractivity contribution < 1.29 is 50.6 Å². The Kier molecular flexibility index (Phi) is 10.9. The minimum Gasteiger partial charge on any atom is -0.443 e. The fraction of sp³-hybridized carbons (Fsp3) is 0.353. The predicted octanol–water partition coefficient (Wildman–Crippen LogP) is 9.66. The van der Waals surface area contributed by atoms with Crippen molar-refractivity contribution in [3.05, 3.63) is 93.3 Å². The second-order valence-electron chi connectivity index (χ2n) is 13.4. The molecule has 1 N–H and O–H groups in total. The van der Waals surface area contributed by atoms with Gasteiger partial charge >= 0.3 is 12.2 Å². The van der Waals surface area contributed by atoms with Crippen molar-refractivity contribution in [1.29, 1.82) is 0 Å². The monoisotopic (exact) mass is 762 g/mol. The number of carbonyl (C=O) groups is 4. The van der Waals surface area contributed by atoms with Crippen LogP contribution >= 0.6 is 34.8 Å². The van der Waals surface area contributed by atoms with Crippen LogP contribution in [0.3, 0.4) is 0 Å². The molecular weight excluding hydrogens is 734 g/mol. The molecule has 4 rings (SSSR count). The van der Waals surface area contributed by atoms with Gasteiger partial charge in [0.1, 0.15) is 27.0 Å². The Hall–Kier alpha value is -3.94. The maximum atomic E-state index is 15.9. The number of imide groups is 1. The van der Waals surface area contributed by atoms with Crippen LogP contribution in [-0.2, 0) is 20.7 Å². The number of hydrogen-bond acceptors (Lipinski definition) is 6.